The largest absolute Gasteiger partial charge is 0 e. The molecule has 0 rings (SSSR count). The van der Waals surface area contributed by atoms with Gasteiger partial charge in [0.2, 0.25) is 0 Å². The molecule has 0 aliphatic carbocycles. The first kappa shape index (κ1) is 25.4. The SMILES string of the molecule is CC(=O)O.O.[LiH].[Zn]. The number of hydrogen-bond donors (Lipinski definition) is 1. The van der Waals surface area contributed by atoms with Gasteiger partial charge in [-0.05, 0) is 0 Å². The predicted octanol–water partition coefficient (Wildman–Crippen LogP) is -1.38. The summed E-state index contributed by atoms with van der Waals surface area (Å²) in [5.74, 6) is -0.833. The minimum absolute atomic E-state index is 0. The summed E-state index contributed by atoms with van der Waals surface area (Å²) in [6.07, 6.45) is 0. The van der Waals surface area contributed by atoms with Crippen LogP contribution >= 0.6 is 0 Å². The van der Waals surface area contributed by atoms with Crippen molar-refractivity contribution in [2.24, 2.45) is 0 Å². The second-order valence-corrected chi connectivity index (χ2v) is 0.519. The summed E-state index contributed by atoms with van der Waals surface area (Å²) in [5, 5.41) is 7.42. The molecule has 0 saturated heterocycles. The summed E-state index contributed by atoms with van der Waals surface area (Å²) in [6, 6.07) is 0. The molecule has 3 N–H and O–H groups in total. The van der Waals surface area contributed by atoms with Crippen LogP contribution in [0, 0.1) is 0 Å². The number of carboxylic acids is 1. The first-order chi connectivity index (χ1) is 1.73. The molecule has 0 unspecified atom stereocenters. The van der Waals surface area contributed by atoms with E-state index in [0.29, 0.717) is 0 Å². The molecule has 5 heteroatoms. The molecule has 0 aromatic heterocycles. The smallest absolute Gasteiger partial charge is 0 e. The first-order valence-electron chi connectivity index (χ1n) is 0.928. The molecular weight excluding hydrogens is 144 g/mol. The maximum atomic E-state index is 9.00. The molecule has 0 aromatic rings. The van der Waals surface area contributed by atoms with E-state index >= 15 is 0 Å². The van der Waals surface area contributed by atoms with E-state index in [2.05, 4.69) is 0 Å². The molecular formula is C2H7LiO3Zn. The summed E-state index contributed by atoms with van der Waals surface area (Å²) in [4.78, 5) is 9.00. The Balaban J connectivity index is -0.0000000150. The van der Waals surface area contributed by atoms with E-state index < -0.39 is 5.97 Å². The fourth-order valence-electron chi connectivity index (χ4n) is 0. The van der Waals surface area contributed by atoms with Crippen molar-refractivity contribution in [3.05, 3.63) is 0 Å². The molecule has 0 bridgehead atoms. The number of carboxylic acid groups (broad SMARTS) is 1. The van der Waals surface area contributed by atoms with Crippen molar-refractivity contribution >= 4 is 24.8 Å². The molecule has 7 heavy (non-hydrogen) atoms. The van der Waals surface area contributed by atoms with Crippen LogP contribution in [0.15, 0.2) is 0 Å². The van der Waals surface area contributed by atoms with Gasteiger partial charge in [-0.25, -0.2) is 0 Å². The van der Waals surface area contributed by atoms with Crippen molar-refractivity contribution in [3.8, 4) is 0 Å². The standard InChI is InChI=1S/C2H4O2.Li.H2O.Zn.H/c1-2(3)4;;;;/h1H3,(H,3,4);;1H2;;. The Morgan fingerprint density at radius 3 is 1.57 bits per heavy atom. The number of aliphatic carboxylic acids is 1. The number of carbonyl (C=O) groups is 1. The summed E-state index contributed by atoms with van der Waals surface area (Å²) in [7, 11) is 0. The van der Waals surface area contributed by atoms with Gasteiger partial charge in [-0.15, -0.1) is 0 Å². The zero-order chi connectivity index (χ0) is 3.58. The monoisotopic (exact) mass is 150 g/mol. The van der Waals surface area contributed by atoms with E-state index in [9.17, 15) is 0 Å². The topological polar surface area (TPSA) is 68.8 Å². The molecule has 36 valence electrons. The Hall–Kier alpha value is 0.651. The predicted molar refractivity (Wildman–Crippen MR) is 24.1 cm³/mol. The molecule has 0 aliphatic heterocycles. The molecule has 0 aromatic carbocycles. The average Bonchev–Trinajstić information content (AvgIpc) is 0.811. The van der Waals surface area contributed by atoms with Crippen LogP contribution in [0.5, 0.6) is 0 Å². The van der Waals surface area contributed by atoms with Crippen LogP contribution in [0.1, 0.15) is 6.92 Å². The van der Waals surface area contributed by atoms with Gasteiger partial charge in [0.15, 0.2) is 0 Å². The van der Waals surface area contributed by atoms with Crippen LogP contribution in [0.25, 0.3) is 0 Å². The third-order valence-electron chi connectivity index (χ3n) is 0. The van der Waals surface area contributed by atoms with E-state index in [1.54, 1.807) is 0 Å². The van der Waals surface area contributed by atoms with Crippen molar-refractivity contribution in [1.29, 1.82) is 0 Å². The molecule has 0 fully saturated rings. The first-order valence-corrected chi connectivity index (χ1v) is 0.928. The van der Waals surface area contributed by atoms with Gasteiger partial charge in [0.1, 0.15) is 0 Å². The van der Waals surface area contributed by atoms with E-state index in [1.165, 1.54) is 0 Å². The van der Waals surface area contributed by atoms with Crippen molar-refractivity contribution in [3.63, 3.8) is 0 Å². The van der Waals surface area contributed by atoms with E-state index in [1.807, 2.05) is 0 Å². The Labute approximate surface area is 66.7 Å². The zero-order valence-electron chi connectivity index (χ0n) is 3.56. The van der Waals surface area contributed by atoms with E-state index in [0.717, 1.165) is 6.92 Å². The molecule has 3 nitrogen and oxygen atoms in total. The Bertz CT molecular complexity index is 35.9. The average molecular weight is 151 g/mol. The third-order valence-corrected chi connectivity index (χ3v) is 0. The fraction of sp³-hybridized carbons (Fsp3) is 0.500. The van der Waals surface area contributed by atoms with E-state index in [-0.39, 0.29) is 43.8 Å². The second kappa shape index (κ2) is 15.9. The molecule has 0 heterocycles. The summed E-state index contributed by atoms with van der Waals surface area (Å²) < 4.78 is 0. The second-order valence-electron chi connectivity index (χ2n) is 0.519. The summed E-state index contributed by atoms with van der Waals surface area (Å²) in [6.45, 7) is 1.08. The molecule has 0 amide bonds. The Kier molecular flexibility index (Phi) is 57.8. The van der Waals surface area contributed by atoms with Crippen LogP contribution < -0.4 is 0 Å². The molecule has 0 atom stereocenters. The van der Waals surface area contributed by atoms with Gasteiger partial charge in [0, 0.05) is 26.4 Å². The van der Waals surface area contributed by atoms with Gasteiger partial charge in [-0.2, -0.15) is 0 Å². The maximum absolute atomic E-state index is 9.00. The summed E-state index contributed by atoms with van der Waals surface area (Å²) in [5.41, 5.74) is 0. The molecule has 0 radical (unpaired) electrons. The minimum Gasteiger partial charge on any atom is 0 e. The Morgan fingerprint density at radius 1 is 1.57 bits per heavy atom. The maximum Gasteiger partial charge on any atom is 0 e. The summed E-state index contributed by atoms with van der Waals surface area (Å²) >= 11 is 0. The minimum atomic E-state index is -0.833. The van der Waals surface area contributed by atoms with Gasteiger partial charge in [-0.1, -0.05) is 0 Å². The van der Waals surface area contributed by atoms with Crippen molar-refractivity contribution < 1.29 is 34.9 Å². The normalized spacial score (nSPS) is 3.57. The van der Waals surface area contributed by atoms with Gasteiger partial charge >= 0.3 is 18.9 Å². The van der Waals surface area contributed by atoms with Crippen LogP contribution in [-0.4, -0.2) is 35.4 Å². The molecule has 0 aliphatic rings. The number of rotatable bonds is 0. The quantitative estimate of drug-likeness (QED) is 0.433. The van der Waals surface area contributed by atoms with Crippen molar-refractivity contribution in [2.45, 2.75) is 6.92 Å². The van der Waals surface area contributed by atoms with Crippen molar-refractivity contribution in [1.82, 2.24) is 0 Å². The zero-order valence-corrected chi connectivity index (χ0v) is 6.53. The van der Waals surface area contributed by atoms with Crippen LogP contribution in [-0.2, 0) is 24.3 Å². The van der Waals surface area contributed by atoms with Gasteiger partial charge in [0.25, 0.3) is 5.97 Å². The van der Waals surface area contributed by atoms with Gasteiger partial charge < -0.3 is 10.6 Å². The molecule has 0 spiro atoms. The Morgan fingerprint density at radius 2 is 1.57 bits per heavy atom. The molecule has 0 saturated carbocycles. The van der Waals surface area contributed by atoms with E-state index in [4.69, 9.17) is 9.90 Å². The van der Waals surface area contributed by atoms with Gasteiger partial charge in [0.05, 0.1) is 0 Å². The van der Waals surface area contributed by atoms with Crippen LogP contribution in [0.2, 0.25) is 0 Å². The number of hydrogen-bond acceptors (Lipinski definition) is 1. The fourth-order valence-corrected chi connectivity index (χ4v) is 0. The van der Waals surface area contributed by atoms with Crippen LogP contribution in [0.3, 0.4) is 0 Å². The van der Waals surface area contributed by atoms with Crippen molar-refractivity contribution in [2.75, 3.05) is 0 Å². The van der Waals surface area contributed by atoms with Crippen LogP contribution in [0.4, 0.5) is 0 Å². The third kappa shape index (κ3) is 340. The van der Waals surface area contributed by atoms with Gasteiger partial charge in [-0.3, -0.25) is 4.79 Å².